The highest BCUT2D eigenvalue weighted by atomic mass is 32.1. The molecule has 32 heavy (non-hydrogen) atoms. The summed E-state index contributed by atoms with van der Waals surface area (Å²) in [6.07, 6.45) is 6.76. The molecular weight excluding hydrogens is 425 g/mol. The maximum absolute atomic E-state index is 14.9. The predicted molar refractivity (Wildman–Crippen MR) is 124 cm³/mol. The van der Waals surface area contributed by atoms with Crippen molar-refractivity contribution >= 4 is 28.8 Å². The van der Waals surface area contributed by atoms with E-state index in [9.17, 15) is 14.0 Å². The number of carbonyl (C=O) groups is 2. The number of nitrogens with one attached hydrogen (secondary N) is 1. The third-order valence-corrected chi connectivity index (χ3v) is 6.59. The highest BCUT2D eigenvalue weighted by Crippen LogP contribution is 2.31. The van der Waals surface area contributed by atoms with E-state index in [1.54, 1.807) is 36.5 Å². The van der Waals surface area contributed by atoms with Crippen LogP contribution in [0.1, 0.15) is 48.7 Å². The number of halogens is 1. The zero-order chi connectivity index (χ0) is 22.3. The molecule has 1 aromatic carbocycles. The van der Waals surface area contributed by atoms with Crippen molar-refractivity contribution in [1.82, 2.24) is 10.3 Å². The molecule has 2 heterocycles. The number of benzene rings is 1. The summed E-state index contributed by atoms with van der Waals surface area (Å²) in [6.45, 7) is 0. The lowest BCUT2D eigenvalue weighted by molar-refractivity contribution is -0.127. The monoisotopic (exact) mass is 451 g/mol. The van der Waals surface area contributed by atoms with Crippen molar-refractivity contribution in [3.8, 4) is 0 Å². The molecule has 7 heteroatoms. The van der Waals surface area contributed by atoms with Crippen LogP contribution in [0.15, 0.2) is 66.2 Å². The number of hydrogen-bond donors (Lipinski definition) is 1. The van der Waals surface area contributed by atoms with Crippen molar-refractivity contribution in [3.05, 3.63) is 82.6 Å². The van der Waals surface area contributed by atoms with Gasteiger partial charge in [-0.15, -0.1) is 11.3 Å². The molecule has 0 saturated heterocycles. The zero-order valence-electron chi connectivity index (χ0n) is 17.7. The Morgan fingerprint density at radius 1 is 1.06 bits per heavy atom. The smallest absolute Gasteiger partial charge is 0.249 e. The van der Waals surface area contributed by atoms with Crippen LogP contribution in [-0.2, 0) is 16.0 Å². The first-order chi connectivity index (χ1) is 15.6. The minimum absolute atomic E-state index is 0.0531. The number of para-hydroxylation sites is 1. The Balaban J connectivity index is 1.74. The molecule has 4 rings (SSSR count). The minimum atomic E-state index is -1.07. The second-order valence-electron chi connectivity index (χ2n) is 7.97. The topological polar surface area (TPSA) is 62.3 Å². The van der Waals surface area contributed by atoms with Crippen LogP contribution in [0.25, 0.3) is 0 Å². The Hall–Kier alpha value is -3.06. The van der Waals surface area contributed by atoms with Gasteiger partial charge >= 0.3 is 0 Å². The number of nitrogens with zero attached hydrogens (tertiary/aromatic N) is 2. The van der Waals surface area contributed by atoms with Crippen LogP contribution in [0.3, 0.4) is 0 Å². The Labute approximate surface area is 191 Å². The lowest BCUT2D eigenvalue weighted by atomic mass is 9.95. The van der Waals surface area contributed by atoms with Crippen molar-refractivity contribution in [2.75, 3.05) is 4.90 Å². The molecule has 1 aliphatic carbocycles. The normalized spacial score (nSPS) is 15.2. The van der Waals surface area contributed by atoms with Crippen LogP contribution in [0.4, 0.5) is 10.1 Å². The fourth-order valence-corrected chi connectivity index (χ4v) is 4.86. The first kappa shape index (κ1) is 22.1. The number of aromatic nitrogens is 1. The number of rotatable bonds is 7. The van der Waals surface area contributed by atoms with E-state index in [0.29, 0.717) is 5.69 Å². The molecule has 1 fully saturated rings. The number of thiophene rings is 1. The van der Waals surface area contributed by atoms with Gasteiger partial charge in [0.2, 0.25) is 11.8 Å². The molecule has 3 aromatic rings. The number of amides is 2. The highest BCUT2D eigenvalue weighted by Gasteiger charge is 2.36. The van der Waals surface area contributed by atoms with Crippen LogP contribution in [0.2, 0.25) is 0 Å². The van der Waals surface area contributed by atoms with Crippen LogP contribution in [0, 0.1) is 5.82 Å². The van der Waals surface area contributed by atoms with Crippen molar-refractivity contribution < 1.29 is 14.0 Å². The van der Waals surface area contributed by atoms with Gasteiger partial charge in [0.1, 0.15) is 5.82 Å². The number of pyridine rings is 1. The Bertz CT molecular complexity index is 1040. The summed E-state index contributed by atoms with van der Waals surface area (Å²) in [6, 6.07) is 14.0. The average molecular weight is 452 g/mol. The number of anilines is 1. The predicted octanol–water partition coefficient (Wildman–Crippen LogP) is 5.05. The zero-order valence-corrected chi connectivity index (χ0v) is 18.6. The number of hydrogen-bond acceptors (Lipinski definition) is 4. The summed E-state index contributed by atoms with van der Waals surface area (Å²) in [5.41, 5.74) is 0.479. The van der Waals surface area contributed by atoms with Crippen LogP contribution in [0.5, 0.6) is 0 Å². The number of carbonyl (C=O) groups excluding carboxylic acids is 2. The molecular formula is C25H26FN3O2S. The average Bonchev–Trinajstić information content (AvgIpc) is 3.32. The second kappa shape index (κ2) is 10.5. The molecule has 2 amide bonds. The fraction of sp³-hybridized carbons (Fsp3) is 0.320. The highest BCUT2D eigenvalue weighted by molar-refractivity contribution is 7.10. The van der Waals surface area contributed by atoms with Gasteiger partial charge in [-0.25, -0.2) is 4.39 Å². The first-order valence-electron chi connectivity index (χ1n) is 10.9. The fourth-order valence-electron chi connectivity index (χ4n) is 4.16. The van der Waals surface area contributed by atoms with Gasteiger partial charge in [0.05, 0.1) is 17.8 Å². The van der Waals surface area contributed by atoms with E-state index >= 15 is 0 Å². The molecule has 0 aliphatic heterocycles. The van der Waals surface area contributed by atoms with Crippen LogP contribution >= 0.6 is 11.3 Å². The second-order valence-corrected chi connectivity index (χ2v) is 9.00. The molecule has 1 saturated carbocycles. The summed E-state index contributed by atoms with van der Waals surface area (Å²) >= 11 is 1.46. The molecule has 1 atom stereocenters. The summed E-state index contributed by atoms with van der Waals surface area (Å²) < 4.78 is 14.9. The standard InChI is InChI=1S/C25H26FN3O2S/c26-20-12-4-5-14-22(20)29(23(30)17-19-11-8-16-32-19)24(21-13-6-7-15-27-21)25(31)28-18-9-2-1-3-10-18/h4-8,11-16,18,24H,1-3,9-10,17H2,(H,28,31). The van der Waals surface area contributed by atoms with E-state index in [0.717, 1.165) is 37.0 Å². The van der Waals surface area contributed by atoms with Crippen LogP contribution in [-0.4, -0.2) is 22.8 Å². The van der Waals surface area contributed by atoms with E-state index in [-0.39, 0.29) is 30.0 Å². The summed E-state index contributed by atoms with van der Waals surface area (Å²) in [4.78, 5) is 33.6. The molecule has 1 aliphatic rings. The Kier molecular flexibility index (Phi) is 7.27. The lowest BCUT2D eigenvalue weighted by Gasteiger charge is -2.33. The minimum Gasteiger partial charge on any atom is -0.351 e. The molecule has 5 nitrogen and oxygen atoms in total. The third-order valence-electron chi connectivity index (χ3n) is 5.71. The largest absolute Gasteiger partial charge is 0.351 e. The molecule has 1 N–H and O–H groups in total. The van der Waals surface area contributed by atoms with Gasteiger partial charge in [-0.2, -0.15) is 0 Å². The summed E-state index contributed by atoms with van der Waals surface area (Å²) in [5, 5.41) is 5.00. The molecule has 0 radical (unpaired) electrons. The summed E-state index contributed by atoms with van der Waals surface area (Å²) in [7, 11) is 0. The van der Waals surface area contributed by atoms with Crippen LogP contribution < -0.4 is 10.2 Å². The maximum Gasteiger partial charge on any atom is 0.249 e. The van der Waals surface area contributed by atoms with Crippen molar-refractivity contribution in [2.24, 2.45) is 0 Å². The molecule has 1 unspecified atom stereocenters. The summed E-state index contributed by atoms with van der Waals surface area (Å²) in [5.74, 6) is -1.25. The first-order valence-corrected chi connectivity index (χ1v) is 11.8. The Morgan fingerprint density at radius 3 is 2.53 bits per heavy atom. The van der Waals surface area contributed by atoms with Gasteiger partial charge in [0.15, 0.2) is 6.04 Å². The van der Waals surface area contributed by atoms with Crippen molar-refractivity contribution in [2.45, 2.75) is 50.6 Å². The van der Waals surface area contributed by atoms with E-state index in [1.165, 1.54) is 28.4 Å². The van der Waals surface area contributed by atoms with Gasteiger partial charge in [-0.1, -0.05) is 43.5 Å². The van der Waals surface area contributed by atoms with Gasteiger partial charge in [0, 0.05) is 17.1 Å². The van der Waals surface area contributed by atoms with Gasteiger partial charge in [-0.3, -0.25) is 19.5 Å². The van der Waals surface area contributed by atoms with Gasteiger partial charge in [-0.05, 0) is 48.6 Å². The quantitative estimate of drug-likeness (QED) is 0.547. The van der Waals surface area contributed by atoms with Gasteiger partial charge in [0.25, 0.3) is 0 Å². The Morgan fingerprint density at radius 2 is 1.84 bits per heavy atom. The molecule has 2 aromatic heterocycles. The van der Waals surface area contributed by atoms with E-state index in [2.05, 4.69) is 10.3 Å². The molecule has 0 bridgehead atoms. The lowest BCUT2D eigenvalue weighted by Crippen LogP contribution is -2.48. The van der Waals surface area contributed by atoms with E-state index < -0.39 is 11.9 Å². The van der Waals surface area contributed by atoms with Crippen molar-refractivity contribution in [3.63, 3.8) is 0 Å². The van der Waals surface area contributed by atoms with Crippen molar-refractivity contribution in [1.29, 1.82) is 0 Å². The maximum atomic E-state index is 14.9. The molecule has 0 spiro atoms. The molecule has 166 valence electrons. The SMILES string of the molecule is O=C(NC1CCCCC1)C(c1ccccn1)N(C(=O)Cc1cccs1)c1ccccc1F. The van der Waals surface area contributed by atoms with Gasteiger partial charge < -0.3 is 5.32 Å². The van der Waals surface area contributed by atoms with E-state index in [1.807, 2.05) is 17.5 Å². The van der Waals surface area contributed by atoms with E-state index in [4.69, 9.17) is 0 Å². The third kappa shape index (κ3) is 5.22.